The smallest absolute Gasteiger partial charge is 0.411 e. The van der Waals surface area contributed by atoms with Crippen LogP contribution in [0.5, 0.6) is 0 Å². The molecule has 1 heterocycles. The van der Waals surface area contributed by atoms with Crippen LogP contribution >= 0.6 is 11.6 Å². The number of carbonyl (C=O) groups excluding carboxylic acids is 1. The molecule has 2 aromatic rings. The van der Waals surface area contributed by atoms with Crippen LogP contribution in [0.25, 0.3) is 0 Å². The normalized spacial score (nSPS) is 21.0. The second-order valence-electron chi connectivity index (χ2n) is 6.87. The molecule has 0 radical (unpaired) electrons. The third kappa shape index (κ3) is 4.25. The first-order chi connectivity index (χ1) is 12.9. The van der Waals surface area contributed by atoms with Gasteiger partial charge < -0.3 is 14.7 Å². The summed E-state index contributed by atoms with van der Waals surface area (Å²) in [6, 6.07) is 13.3. The van der Waals surface area contributed by atoms with Crippen LogP contribution in [-0.4, -0.2) is 29.3 Å². The van der Waals surface area contributed by atoms with Gasteiger partial charge in [0, 0.05) is 24.6 Å². The molecule has 27 heavy (non-hydrogen) atoms. The molecule has 6 heteroatoms. The Balaban J connectivity index is 1.83. The highest BCUT2D eigenvalue weighted by Crippen LogP contribution is 2.40. The van der Waals surface area contributed by atoms with Crippen molar-refractivity contribution in [1.82, 2.24) is 4.90 Å². The van der Waals surface area contributed by atoms with E-state index in [4.69, 9.17) is 16.3 Å². The number of hydrogen-bond acceptors (Lipinski definition) is 3. The zero-order chi connectivity index (χ0) is 19.4. The molecule has 3 rings (SSSR count). The van der Waals surface area contributed by atoms with Gasteiger partial charge in [0.25, 0.3) is 0 Å². The van der Waals surface area contributed by atoms with Crippen molar-refractivity contribution in [2.24, 2.45) is 0 Å². The van der Waals surface area contributed by atoms with Gasteiger partial charge in [0.1, 0.15) is 11.4 Å². The summed E-state index contributed by atoms with van der Waals surface area (Å²) in [5.41, 5.74) is 0.836. The largest absolute Gasteiger partial charge is 0.438 e. The van der Waals surface area contributed by atoms with E-state index in [0.717, 1.165) is 11.1 Å². The molecule has 2 atom stereocenters. The van der Waals surface area contributed by atoms with E-state index < -0.39 is 11.7 Å². The van der Waals surface area contributed by atoms with Crippen LogP contribution in [0.4, 0.5) is 9.18 Å². The lowest BCUT2D eigenvalue weighted by molar-refractivity contribution is -0.0680. The molecule has 1 N–H and O–H groups in total. The maximum Gasteiger partial charge on any atom is 0.411 e. The van der Waals surface area contributed by atoms with E-state index in [9.17, 15) is 14.3 Å². The molecule has 0 bridgehead atoms. The number of amides is 1. The number of halogens is 2. The van der Waals surface area contributed by atoms with Gasteiger partial charge in [-0.15, -0.1) is 0 Å². The first-order valence-corrected chi connectivity index (χ1v) is 9.45. The summed E-state index contributed by atoms with van der Waals surface area (Å²) in [6.07, 6.45) is 1.13. The van der Waals surface area contributed by atoms with Crippen molar-refractivity contribution in [2.75, 3.05) is 13.2 Å². The Morgan fingerprint density at radius 1 is 1.30 bits per heavy atom. The van der Waals surface area contributed by atoms with Crippen molar-refractivity contribution in [2.45, 2.75) is 37.8 Å². The summed E-state index contributed by atoms with van der Waals surface area (Å²) < 4.78 is 19.2. The van der Waals surface area contributed by atoms with Gasteiger partial charge in [-0.05, 0) is 55.2 Å². The summed E-state index contributed by atoms with van der Waals surface area (Å²) in [4.78, 5) is 14.5. The van der Waals surface area contributed by atoms with E-state index in [-0.39, 0.29) is 18.5 Å². The van der Waals surface area contributed by atoms with Gasteiger partial charge in [-0.3, -0.25) is 0 Å². The van der Waals surface area contributed by atoms with Gasteiger partial charge in [-0.2, -0.15) is 0 Å². The number of rotatable bonds is 6. The Kier molecular flexibility index (Phi) is 6.02. The molecule has 0 saturated carbocycles. The molecule has 0 aromatic heterocycles. The number of aliphatic hydroxyl groups excluding tert-OH is 1. The highest BCUT2D eigenvalue weighted by molar-refractivity contribution is 6.30. The monoisotopic (exact) mass is 391 g/mol. The van der Waals surface area contributed by atoms with Crippen molar-refractivity contribution in [3.05, 3.63) is 70.5 Å². The summed E-state index contributed by atoms with van der Waals surface area (Å²) in [6.45, 7) is 2.43. The van der Waals surface area contributed by atoms with E-state index in [1.807, 2.05) is 25.1 Å². The maximum absolute atomic E-state index is 13.3. The molecular formula is C21H23ClFNO3. The molecule has 1 amide bonds. The number of carbonyl (C=O) groups is 1. The predicted molar refractivity (Wildman–Crippen MR) is 102 cm³/mol. The summed E-state index contributed by atoms with van der Waals surface area (Å²) in [5.74, 6) is -0.339. The van der Waals surface area contributed by atoms with Crippen molar-refractivity contribution >= 4 is 17.7 Å². The number of benzene rings is 2. The molecule has 0 spiro atoms. The number of nitrogens with zero attached hydrogens (tertiary/aromatic N) is 1. The standard InChI is InChI=1S/C21H23ClFNO3/c1-15(16-4-2-5-18(22)14-16)24-12-11-21(10-3-13-25,27-20(24)26)17-6-8-19(23)9-7-17/h2,4-9,14-15,25H,3,10-13H2,1H3/t15-,21?/m0/s1. The quantitative estimate of drug-likeness (QED) is 0.749. The Labute approximate surface area is 163 Å². The summed E-state index contributed by atoms with van der Waals surface area (Å²) in [7, 11) is 0. The minimum Gasteiger partial charge on any atom is -0.438 e. The number of aliphatic hydroxyl groups is 1. The molecule has 1 unspecified atom stereocenters. The minimum absolute atomic E-state index is 0.00310. The molecule has 1 fully saturated rings. The van der Waals surface area contributed by atoms with Gasteiger partial charge in [-0.1, -0.05) is 35.9 Å². The molecule has 1 aliphatic heterocycles. The van der Waals surface area contributed by atoms with E-state index in [0.29, 0.717) is 30.8 Å². The molecule has 2 aromatic carbocycles. The highest BCUT2D eigenvalue weighted by Gasteiger charge is 2.43. The zero-order valence-electron chi connectivity index (χ0n) is 15.2. The lowest BCUT2D eigenvalue weighted by Gasteiger charge is -2.43. The lowest BCUT2D eigenvalue weighted by Crippen LogP contribution is -2.48. The summed E-state index contributed by atoms with van der Waals surface area (Å²) >= 11 is 6.07. The first kappa shape index (κ1) is 19.6. The van der Waals surface area contributed by atoms with Gasteiger partial charge in [-0.25, -0.2) is 9.18 Å². The molecule has 1 aliphatic rings. The lowest BCUT2D eigenvalue weighted by atomic mass is 9.84. The van der Waals surface area contributed by atoms with Crippen LogP contribution in [0.3, 0.4) is 0 Å². The average molecular weight is 392 g/mol. The summed E-state index contributed by atoms with van der Waals surface area (Å²) in [5, 5.41) is 9.88. The topological polar surface area (TPSA) is 49.8 Å². The third-order valence-corrected chi connectivity index (χ3v) is 5.42. The number of ether oxygens (including phenoxy) is 1. The van der Waals surface area contributed by atoms with Gasteiger partial charge in [0.2, 0.25) is 0 Å². The Morgan fingerprint density at radius 3 is 2.67 bits per heavy atom. The Morgan fingerprint density at radius 2 is 2.04 bits per heavy atom. The van der Waals surface area contributed by atoms with Crippen LogP contribution in [0.2, 0.25) is 5.02 Å². The molecule has 4 nitrogen and oxygen atoms in total. The van der Waals surface area contributed by atoms with Gasteiger partial charge in [0.05, 0.1) is 6.04 Å². The fraction of sp³-hybridized carbons (Fsp3) is 0.381. The predicted octanol–water partition coefficient (Wildman–Crippen LogP) is 5.05. The van der Waals surface area contributed by atoms with Crippen molar-refractivity contribution in [3.8, 4) is 0 Å². The molecule has 0 aliphatic carbocycles. The van der Waals surface area contributed by atoms with E-state index in [2.05, 4.69) is 0 Å². The van der Waals surface area contributed by atoms with E-state index in [1.165, 1.54) is 12.1 Å². The second-order valence-corrected chi connectivity index (χ2v) is 7.31. The van der Waals surface area contributed by atoms with Crippen LogP contribution in [0.1, 0.15) is 43.4 Å². The van der Waals surface area contributed by atoms with Crippen LogP contribution < -0.4 is 0 Å². The fourth-order valence-corrected chi connectivity index (χ4v) is 3.81. The van der Waals surface area contributed by atoms with Crippen molar-refractivity contribution < 1.29 is 19.0 Å². The maximum atomic E-state index is 13.3. The Bertz CT molecular complexity index is 798. The van der Waals surface area contributed by atoms with E-state index in [1.54, 1.807) is 23.1 Å². The van der Waals surface area contributed by atoms with E-state index >= 15 is 0 Å². The second kappa shape index (κ2) is 8.28. The SMILES string of the molecule is C[C@@H](c1cccc(Cl)c1)N1CCC(CCCO)(c2ccc(F)cc2)OC1=O. The Hall–Kier alpha value is -2.11. The number of cyclic esters (lactones) is 1. The number of hydrogen-bond donors (Lipinski definition) is 1. The fourth-order valence-electron chi connectivity index (χ4n) is 3.61. The third-order valence-electron chi connectivity index (χ3n) is 5.18. The average Bonchev–Trinajstić information content (AvgIpc) is 2.66. The minimum atomic E-state index is -0.849. The van der Waals surface area contributed by atoms with Gasteiger partial charge >= 0.3 is 6.09 Å². The molecular weight excluding hydrogens is 369 g/mol. The highest BCUT2D eigenvalue weighted by atomic mass is 35.5. The molecule has 1 saturated heterocycles. The molecule has 144 valence electrons. The van der Waals surface area contributed by atoms with Crippen molar-refractivity contribution in [1.29, 1.82) is 0 Å². The zero-order valence-corrected chi connectivity index (χ0v) is 16.0. The first-order valence-electron chi connectivity index (χ1n) is 9.07. The van der Waals surface area contributed by atoms with Crippen molar-refractivity contribution in [3.63, 3.8) is 0 Å². The van der Waals surface area contributed by atoms with Crippen LogP contribution in [0, 0.1) is 5.82 Å². The van der Waals surface area contributed by atoms with Gasteiger partial charge in [0.15, 0.2) is 0 Å². The van der Waals surface area contributed by atoms with Crippen LogP contribution in [0.15, 0.2) is 48.5 Å². The van der Waals surface area contributed by atoms with Crippen LogP contribution in [-0.2, 0) is 10.3 Å².